The number of hydrogen-bond acceptors (Lipinski definition) is 3. The van der Waals surface area contributed by atoms with E-state index in [4.69, 9.17) is 0 Å². The third-order valence-corrected chi connectivity index (χ3v) is 1.82. The molecule has 6 heteroatoms. The minimum atomic E-state index is -0.447. The van der Waals surface area contributed by atoms with Crippen LogP contribution >= 0.6 is 0 Å². The van der Waals surface area contributed by atoms with Crippen LogP contribution in [0.3, 0.4) is 0 Å². The van der Waals surface area contributed by atoms with Crippen molar-refractivity contribution >= 4 is 11.8 Å². The lowest BCUT2D eigenvalue weighted by Crippen LogP contribution is -2.37. The molecule has 0 radical (unpaired) electrons. The number of amides is 2. The van der Waals surface area contributed by atoms with Crippen molar-refractivity contribution in [1.29, 1.82) is 0 Å². The third kappa shape index (κ3) is 3.56. The van der Waals surface area contributed by atoms with Gasteiger partial charge in [-0.05, 0) is 13.0 Å². The predicted molar refractivity (Wildman–Crippen MR) is 58.1 cm³/mol. The summed E-state index contributed by atoms with van der Waals surface area (Å²) < 4.78 is 0. The topological polar surface area (TPSA) is 91.1 Å². The lowest BCUT2D eigenvalue weighted by molar-refractivity contribution is -0.120. The van der Waals surface area contributed by atoms with Gasteiger partial charge in [0.05, 0.1) is 6.54 Å². The summed E-state index contributed by atoms with van der Waals surface area (Å²) in [6.07, 6.45) is 1.38. The van der Waals surface area contributed by atoms with Gasteiger partial charge in [0.2, 0.25) is 11.5 Å². The van der Waals surface area contributed by atoms with Gasteiger partial charge in [-0.2, -0.15) is 0 Å². The predicted octanol–water partition coefficient (Wildman–Crippen LogP) is -0.759. The Kier molecular flexibility index (Phi) is 4.26. The van der Waals surface area contributed by atoms with Crippen molar-refractivity contribution in [2.75, 3.05) is 13.1 Å². The summed E-state index contributed by atoms with van der Waals surface area (Å²) in [5, 5.41) is 4.95. The summed E-state index contributed by atoms with van der Waals surface area (Å²) in [5.74, 6) is -0.710. The first-order chi connectivity index (χ1) is 7.63. The molecule has 3 N–H and O–H groups in total. The summed E-state index contributed by atoms with van der Waals surface area (Å²) in [6.45, 7) is 2.20. The van der Waals surface area contributed by atoms with E-state index in [-0.39, 0.29) is 23.6 Å². The zero-order valence-electron chi connectivity index (χ0n) is 8.87. The van der Waals surface area contributed by atoms with Crippen LogP contribution in [0, 0.1) is 0 Å². The number of nitrogens with one attached hydrogen (secondary N) is 3. The normalized spacial score (nSPS) is 9.56. The lowest BCUT2D eigenvalue weighted by Gasteiger charge is -2.04. The van der Waals surface area contributed by atoms with E-state index in [0.717, 1.165) is 0 Å². The van der Waals surface area contributed by atoms with Gasteiger partial charge in [0.25, 0.3) is 5.91 Å². The Morgan fingerprint density at radius 1 is 1.38 bits per heavy atom. The number of hydrogen-bond donors (Lipinski definition) is 3. The van der Waals surface area contributed by atoms with E-state index in [2.05, 4.69) is 15.6 Å². The van der Waals surface area contributed by atoms with Crippen LogP contribution in [0.2, 0.25) is 0 Å². The smallest absolute Gasteiger partial charge is 0.251 e. The van der Waals surface area contributed by atoms with Crippen molar-refractivity contribution in [2.45, 2.75) is 6.92 Å². The fourth-order valence-electron chi connectivity index (χ4n) is 1.11. The molecule has 0 saturated carbocycles. The van der Waals surface area contributed by atoms with E-state index in [1.165, 1.54) is 18.3 Å². The average molecular weight is 223 g/mol. The molecule has 0 saturated heterocycles. The molecule has 86 valence electrons. The summed E-state index contributed by atoms with van der Waals surface area (Å²) in [4.78, 5) is 35.8. The van der Waals surface area contributed by atoms with Gasteiger partial charge in [0.1, 0.15) is 0 Å². The number of aromatic nitrogens is 1. The van der Waals surface area contributed by atoms with E-state index >= 15 is 0 Å². The van der Waals surface area contributed by atoms with E-state index in [0.29, 0.717) is 6.54 Å². The molecule has 0 aliphatic carbocycles. The van der Waals surface area contributed by atoms with Gasteiger partial charge in [-0.1, -0.05) is 0 Å². The van der Waals surface area contributed by atoms with Crippen molar-refractivity contribution in [3.05, 3.63) is 34.2 Å². The quantitative estimate of drug-likeness (QED) is 0.626. The molecule has 2 amide bonds. The molecule has 1 aromatic heterocycles. The Morgan fingerprint density at radius 3 is 2.75 bits per heavy atom. The fourth-order valence-corrected chi connectivity index (χ4v) is 1.11. The average Bonchev–Trinajstić information content (AvgIpc) is 2.26. The zero-order valence-corrected chi connectivity index (χ0v) is 8.87. The molecule has 0 aromatic carbocycles. The van der Waals surface area contributed by atoms with Crippen molar-refractivity contribution in [3.63, 3.8) is 0 Å². The van der Waals surface area contributed by atoms with Crippen LogP contribution in [0.4, 0.5) is 0 Å². The van der Waals surface area contributed by atoms with Gasteiger partial charge in [-0.3, -0.25) is 14.4 Å². The minimum absolute atomic E-state index is 0.0977. The van der Waals surface area contributed by atoms with E-state index in [1.807, 2.05) is 0 Å². The highest BCUT2D eigenvalue weighted by Gasteiger charge is 2.07. The minimum Gasteiger partial charge on any atom is -0.355 e. The van der Waals surface area contributed by atoms with Crippen LogP contribution in [0.25, 0.3) is 0 Å². The van der Waals surface area contributed by atoms with Gasteiger partial charge in [-0.15, -0.1) is 0 Å². The molecule has 0 fully saturated rings. The third-order valence-electron chi connectivity index (χ3n) is 1.82. The van der Waals surface area contributed by atoms with Gasteiger partial charge >= 0.3 is 0 Å². The number of pyridine rings is 1. The Balaban J connectivity index is 2.53. The molecule has 0 aliphatic rings. The Hall–Kier alpha value is -2.11. The maximum atomic E-state index is 11.5. The molecule has 0 unspecified atom stereocenters. The van der Waals surface area contributed by atoms with E-state index in [9.17, 15) is 14.4 Å². The first kappa shape index (κ1) is 12.0. The largest absolute Gasteiger partial charge is 0.355 e. The second-order valence-electron chi connectivity index (χ2n) is 3.08. The second-order valence-corrected chi connectivity index (χ2v) is 3.08. The summed E-state index contributed by atoms with van der Waals surface area (Å²) >= 11 is 0. The molecular weight excluding hydrogens is 210 g/mol. The second kappa shape index (κ2) is 5.69. The Labute approximate surface area is 92.1 Å². The standard InChI is InChI=1S/C10H13N3O3/c1-2-11-9(15)6-13-10(16)7-3-4-12-8(14)5-7/h3-5H,2,6H2,1H3,(H,11,15)(H,12,14)(H,13,16). The number of carbonyl (C=O) groups is 2. The zero-order chi connectivity index (χ0) is 12.0. The molecule has 6 nitrogen and oxygen atoms in total. The number of H-pyrrole nitrogens is 1. The number of aromatic amines is 1. The highest BCUT2D eigenvalue weighted by Crippen LogP contribution is 1.91. The van der Waals surface area contributed by atoms with Crippen LogP contribution in [0.15, 0.2) is 23.1 Å². The molecule has 0 bridgehead atoms. The SMILES string of the molecule is CCNC(=O)CNC(=O)c1cc[nH]c(=O)c1. The molecular formula is C10H13N3O3. The molecule has 0 aliphatic heterocycles. The molecule has 1 aromatic rings. The summed E-state index contributed by atoms with van der Waals surface area (Å²) in [7, 11) is 0. The van der Waals surface area contributed by atoms with Gasteiger partial charge in [-0.25, -0.2) is 0 Å². The number of carbonyl (C=O) groups excluding carboxylic acids is 2. The molecule has 1 heterocycles. The van der Waals surface area contributed by atoms with Crippen LogP contribution < -0.4 is 16.2 Å². The first-order valence-corrected chi connectivity index (χ1v) is 4.87. The summed E-state index contributed by atoms with van der Waals surface area (Å²) in [6, 6.07) is 2.64. The van der Waals surface area contributed by atoms with Gasteiger partial charge in [0.15, 0.2) is 0 Å². The van der Waals surface area contributed by atoms with E-state index < -0.39 is 5.91 Å². The fraction of sp³-hybridized carbons (Fsp3) is 0.300. The lowest BCUT2D eigenvalue weighted by atomic mass is 10.2. The highest BCUT2D eigenvalue weighted by atomic mass is 16.2. The molecule has 1 rings (SSSR count). The van der Waals surface area contributed by atoms with Crippen LogP contribution in [-0.4, -0.2) is 29.9 Å². The van der Waals surface area contributed by atoms with Crippen LogP contribution in [-0.2, 0) is 4.79 Å². The van der Waals surface area contributed by atoms with Crippen molar-refractivity contribution in [1.82, 2.24) is 15.6 Å². The highest BCUT2D eigenvalue weighted by molar-refractivity contribution is 5.96. The van der Waals surface area contributed by atoms with Crippen molar-refractivity contribution < 1.29 is 9.59 Å². The Bertz CT molecular complexity index is 439. The maximum absolute atomic E-state index is 11.5. The molecule has 0 atom stereocenters. The van der Waals surface area contributed by atoms with Crippen LogP contribution in [0.5, 0.6) is 0 Å². The number of rotatable bonds is 4. The maximum Gasteiger partial charge on any atom is 0.251 e. The molecule has 0 spiro atoms. The van der Waals surface area contributed by atoms with Crippen LogP contribution in [0.1, 0.15) is 17.3 Å². The van der Waals surface area contributed by atoms with Crippen molar-refractivity contribution in [3.8, 4) is 0 Å². The van der Waals surface area contributed by atoms with Gasteiger partial charge < -0.3 is 15.6 Å². The number of likely N-dealkylation sites (N-methyl/N-ethyl adjacent to an activating group) is 1. The van der Waals surface area contributed by atoms with Gasteiger partial charge in [0, 0.05) is 24.4 Å². The monoisotopic (exact) mass is 223 g/mol. The van der Waals surface area contributed by atoms with E-state index in [1.54, 1.807) is 6.92 Å². The Morgan fingerprint density at radius 2 is 2.12 bits per heavy atom. The van der Waals surface area contributed by atoms with Crippen molar-refractivity contribution in [2.24, 2.45) is 0 Å². The molecule has 16 heavy (non-hydrogen) atoms. The first-order valence-electron chi connectivity index (χ1n) is 4.87. The summed E-state index contributed by atoms with van der Waals surface area (Å²) in [5.41, 5.74) is -0.126.